The van der Waals surface area contributed by atoms with Gasteiger partial charge in [-0.1, -0.05) is 6.92 Å². The van der Waals surface area contributed by atoms with E-state index in [1.54, 1.807) is 4.90 Å². The Morgan fingerprint density at radius 3 is 2.42 bits per heavy atom. The van der Waals surface area contributed by atoms with Crippen LogP contribution in [0.3, 0.4) is 0 Å². The average molecular weight is 347 g/mol. The Balaban J connectivity index is 1.89. The summed E-state index contributed by atoms with van der Waals surface area (Å²) in [6.07, 6.45) is -6.25. The number of likely N-dealkylation sites (tertiary alicyclic amines) is 1. The summed E-state index contributed by atoms with van der Waals surface area (Å²) in [5.74, 6) is -0.901. The maximum Gasteiger partial charge on any atom is 0.414 e. The van der Waals surface area contributed by atoms with Crippen LogP contribution in [0.25, 0.3) is 0 Å². The molecular formula is C16H24F3N3O2. The van der Waals surface area contributed by atoms with Gasteiger partial charge in [0.2, 0.25) is 5.91 Å². The molecule has 2 N–H and O–H groups in total. The molecular weight excluding hydrogens is 323 g/mol. The Kier molecular flexibility index (Phi) is 5.57. The Labute approximate surface area is 139 Å². The third-order valence-corrected chi connectivity index (χ3v) is 4.83. The van der Waals surface area contributed by atoms with Crippen molar-refractivity contribution in [2.45, 2.75) is 58.2 Å². The first-order chi connectivity index (χ1) is 11.1. The molecule has 1 aliphatic heterocycles. The number of aryl methyl sites for hydroxylation is 2. The van der Waals surface area contributed by atoms with Crippen molar-refractivity contribution in [2.24, 2.45) is 5.92 Å². The fourth-order valence-corrected chi connectivity index (χ4v) is 3.51. The van der Waals surface area contributed by atoms with Crippen molar-refractivity contribution < 1.29 is 23.1 Å². The lowest BCUT2D eigenvalue weighted by atomic mass is 9.90. The first-order valence-corrected chi connectivity index (χ1v) is 8.15. The van der Waals surface area contributed by atoms with Crippen LogP contribution in [0.2, 0.25) is 0 Å². The highest BCUT2D eigenvalue weighted by molar-refractivity contribution is 5.77. The minimum atomic E-state index is -4.60. The first-order valence-electron chi connectivity index (χ1n) is 8.15. The van der Waals surface area contributed by atoms with E-state index in [-0.39, 0.29) is 37.8 Å². The zero-order valence-electron chi connectivity index (χ0n) is 14.2. The van der Waals surface area contributed by atoms with Crippen LogP contribution < -0.4 is 0 Å². The Morgan fingerprint density at radius 2 is 1.96 bits per heavy atom. The predicted octanol–water partition coefficient (Wildman–Crippen LogP) is 2.68. The third-order valence-electron chi connectivity index (χ3n) is 4.83. The number of carbonyl (C=O) groups is 1. The standard InChI is InChI=1S/C16H24F3N3O2/c1-9(14-10(2)20-21-11(14)3)8-13(23)22-6-4-12(5-7-22)15(24)16(17,18)19/h9,12,15,24H,4-8H2,1-3H3,(H,20,21). The molecule has 0 aromatic carbocycles. The number of aliphatic hydroxyl groups is 1. The van der Waals surface area contributed by atoms with E-state index in [4.69, 9.17) is 0 Å². The fourth-order valence-electron chi connectivity index (χ4n) is 3.51. The molecule has 1 aliphatic rings. The number of rotatable bonds is 4. The van der Waals surface area contributed by atoms with Crippen LogP contribution in [-0.2, 0) is 4.79 Å². The summed E-state index contributed by atoms with van der Waals surface area (Å²) in [4.78, 5) is 14.0. The number of halogens is 3. The molecule has 1 saturated heterocycles. The van der Waals surface area contributed by atoms with Gasteiger partial charge >= 0.3 is 6.18 Å². The van der Waals surface area contributed by atoms with E-state index in [9.17, 15) is 23.1 Å². The van der Waals surface area contributed by atoms with Crippen LogP contribution in [0, 0.1) is 19.8 Å². The number of nitrogens with one attached hydrogen (secondary N) is 1. The summed E-state index contributed by atoms with van der Waals surface area (Å²) in [5, 5.41) is 16.3. The van der Waals surface area contributed by atoms with Gasteiger partial charge in [0.1, 0.15) is 0 Å². The second kappa shape index (κ2) is 7.13. The summed E-state index contributed by atoms with van der Waals surface area (Å²) in [6.45, 7) is 6.24. The number of aliphatic hydroxyl groups excluding tert-OH is 1. The molecule has 0 saturated carbocycles. The van der Waals surface area contributed by atoms with E-state index in [0.29, 0.717) is 6.42 Å². The van der Waals surface area contributed by atoms with Crippen LogP contribution in [0.15, 0.2) is 0 Å². The van der Waals surface area contributed by atoms with Crippen LogP contribution in [0.4, 0.5) is 13.2 Å². The van der Waals surface area contributed by atoms with Crippen LogP contribution in [-0.4, -0.2) is 51.5 Å². The Hall–Kier alpha value is -1.57. The number of carbonyl (C=O) groups excluding carboxylic acids is 1. The number of aromatic amines is 1. The highest BCUT2D eigenvalue weighted by Gasteiger charge is 2.44. The number of aromatic nitrogens is 2. The lowest BCUT2D eigenvalue weighted by Crippen LogP contribution is -2.45. The number of H-pyrrole nitrogens is 1. The molecule has 2 heterocycles. The second-order valence-corrected chi connectivity index (χ2v) is 6.66. The third kappa shape index (κ3) is 4.09. The Morgan fingerprint density at radius 1 is 1.38 bits per heavy atom. The van der Waals surface area contributed by atoms with Gasteiger partial charge < -0.3 is 10.0 Å². The molecule has 0 bridgehead atoms. The largest absolute Gasteiger partial charge is 0.414 e. The van der Waals surface area contributed by atoms with Crippen molar-refractivity contribution in [1.82, 2.24) is 15.1 Å². The van der Waals surface area contributed by atoms with Gasteiger partial charge in [0.05, 0.1) is 5.69 Å². The van der Waals surface area contributed by atoms with E-state index in [2.05, 4.69) is 10.2 Å². The highest BCUT2D eigenvalue weighted by Crippen LogP contribution is 2.32. The molecule has 24 heavy (non-hydrogen) atoms. The molecule has 8 heteroatoms. The summed E-state index contributed by atoms with van der Waals surface area (Å²) in [5.41, 5.74) is 2.81. The van der Waals surface area contributed by atoms with Crippen molar-refractivity contribution in [3.8, 4) is 0 Å². The number of nitrogens with zero attached hydrogens (tertiary/aromatic N) is 2. The highest BCUT2D eigenvalue weighted by atomic mass is 19.4. The van der Waals surface area contributed by atoms with Crippen molar-refractivity contribution in [2.75, 3.05) is 13.1 Å². The monoisotopic (exact) mass is 347 g/mol. The number of hydrogen-bond acceptors (Lipinski definition) is 3. The molecule has 0 spiro atoms. The van der Waals surface area contributed by atoms with E-state index < -0.39 is 18.2 Å². The lowest BCUT2D eigenvalue weighted by molar-refractivity contribution is -0.222. The maximum absolute atomic E-state index is 12.6. The lowest BCUT2D eigenvalue weighted by Gasteiger charge is -2.35. The zero-order chi connectivity index (χ0) is 18.1. The van der Waals surface area contributed by atoms with Gasteiger partial charge in [0, 0.05) is 25.2 Å². The first kappa shape index (κ1) is 18.8. The Bertz CT molecular complexity index is 558. The molecule has 2 unspecified atom stereocenters. The molecule has 0 aliphatic carbocycles. The van der Waals surface area contributed by atoms with Gasteiger partial charge in [-0.3, -0.25) is 9.89 Å². The van der Waals surface area contributed by atoms with Crippen molar-refractivity contribution in [3.05, 3.63) is 17.0 Å². The van der Waals surface area contributed by atoms with Gasteiger partial charge in [0.15, 0.2) is 6.10 Å². The molecule has 1 aromatic heterocycles. The summed E-state index contributed by atoms with van der Waals surface area (Å²) < 4.78 is 37.7. The van der Waals surface area contributed by atoms with Crippen molar-refractivity contribution in [3.63, 3.8) is 0 Å². The zero-order valence-corrected chi connectivity index (χ0v) is 14.2. The molecule has 1 fully saturated rings. The van der Waals surface area contributed by atoms with Gasteiger partial charge in [-0.25, -0.2) is 0 Å². The summed E-state index contributed by atoms with van der Waals surface area (Å²) in [7, 11) is 0. The van der Waals surface area contributed by atoms with Gasteiger partial charge in [0.25, 0.3) is 0 Å². The second-order valence-electron chi connectivity index (χ2n) is 6.66. The van der Waals surface area contributed by atoms with E-state index in [0.717, 1.165) is 17.0 Å². The molecule has 5 nitrogen and oxygen atoms in total. The van der Waals surface area contributed by atoms with Crippen molar-refractivity contribution >= 4 is 5.91 Å². The number of piperidine rings is 1. The van der Waals surface area contributed by atoms with E-state index >= 15 is 0 Å². The van der Waals surface area contributed by atoms with E-state index in [1.807, 2.05) is 20.8 Å². The van der Waals surface area contributed by atoms with Gasteiger partial charge in [-0.2, -0.15) is 18.3 Å². The van der Waals surface area contributed by atoms with Crippen LogP contribution >= 0.6 is 0 Å². The van der Waals surface area contributed by atoms with Crippen LogP contribution in [0.1, 0.15) is 49.1 Å². The quantitative estimate of drug-likeness (QED) is 0.880. The molecule has 0 radical (unpaired) electrons. The molecule has 2 rings (SSSR count). The minimum Gasteiger partial charge on any atom is -0.383 e. The van der Waals surface area contributed by atoms with Crippen molar-refractivity contribution in [1.29, 1.82) is 0 Å². The molecule has 1 aromatic rings. The molecule has 1 amide bonds. The summed E-state index contributed by atoms with van der Waals surface area (Å²) in [6, 6.07) is 0. The SMILES string of the molecule is Cc1n[nH]c(C)c1C(C)CC(=O)N1CCC(C(O)C(F)(F)F)CC1. The molecule has 136 valence electrons. The normalized spacial score (nSPS) is 19.4. The minimum absolute atomic E-state index is 0.00487. The number of amides is 1. The van der Waals surface area contributed by atoms with Gasteiger partial charge in [-0.05, 0) is 44.1 Å². The number of alkyl halides is 3. The van der Waals surface area contributed by atoms with Gasteiger partial charge in [-0.15, -0.1) is 0 Å². The topological polar surface area (TPSA) is 69.2 Å². The smallest absolute Gasteiger partial charge is 0.383 e. The maximum atomic E-state index is 12.6. The fraction of sp³-hybridized carbons (Fsp3) is 0.750. The van der Waals surface area contributed by atoms with Crippen LogP contribution in [0.5, 0.6) is 0 Å². The number of hydrogen-bond donors (Lipinski definition) is 2. The average Bonchev–Trinajstić information content (AvgIpc) is 2.84. The predicted molar refractivity (Wildman–Crippen MR) is 82.5 cm³/mol. The molecule has 2 atom stereocenters. The van der Waals surface area contributed by atoms with E-state index in [1.165, 1.54) is 0 Å². The summed E-state index contributed by atoms with van der Waals surface area (Å²) >= 11 is 0.